The average Bonchev–Trinajstić information content (AvgIpc) is 2.60. The van der Waals surface area contributed by atoms with Crippen LogP contribution in [0.4, 0.5) is 5.69 Å². The van der Waals surface area contributed by atoms with Crippen molar-refractivity contribution in [2.75, 3.05) is 19.5 Å². The summed E-state index contributed by atoms with van der Waals surface area (Å²) in [5, 5.41) is 7.79. The van der Waals surface area contributed by atoms with Crippen molar-refractivity contribution in [1.82, 2.24) is 0 Å². The second-order valence-electron chi connectivity index (χ2n) is 5.83. The van der Waals surface area contributed by atoms with Crippen LogP contribution in [0.5, 0.6) is 11.5 Å². The molecule has 3 N–H and O–H groups in total. The molecule has 0 aromatic heterocycles. The van der Waals surface area contributed by atoms with E-state index in [1.54, 1.807) is 20.3 Å². The molecule has 0 spiro atoms. The molecule has 0 heterocycles. The summed E-state index contributed by atoms with van der Waals surface area (Å²) in [6.45, 7) is 1.92. The van der Waals surface area contributed by atoms with Crippen LogP contribution in [0.1, 0.15) is 24.8 Å². The van der Waals surface area contributed by atoms with Gasteiger partial charge in [-0.2, -0.15) is 0 Å². The molecule has 0 saturated heterocycles. The minimum Gasteiger partial charge on any atom is -0.497 e. The molecule has 0 aliphatic rings. The van der Waals surface area contributed by atoms with E-state index in [0.29, 0.717) is 17.2 Å². The Kier molecular flexibility index (Phi) is 6.23. The fraction of sp³-hybridized carbons (Fsp3) is 0.278. The van der Waals surface area contributed by atoms with Crippen LogP contribution in [-0.4, -0.2) is 28.5 Å². The third-order valence-corrected chi connectivity index (χ3v) is 4.86. The molecule has 0 aliphatic carbocycles. The standard InChI is InChI=1S/C18H22N2O5S/c1-12(16-9-6-14(24-2)11-17(16)25-3)10-18(21)20-13-4-7-15(8-5-13)26(19,22)23/h4-9,11-12H,10H2,1-3H3,(H,20,21)(H2,19,22,23). The molecule has 1 unspecified atom stereocenters. The predicted octanol–water partition coefficient (Wildman–Crippen LogP) is 2.48. The first-order valence-corrected chi connectivity index (χ1v) is 9.44. The number of methoxy groups -OCH3 is 2. The normalized spacial score (nSPS) is 12.3. The molecule has 7 nitrogen and oxygen atoms in total. The quantitative estimate of drug-likeness (QED) is 0.769. The van der Waals surface area contributed by atoms with Crippen molar-refractivity contribution in [2.45, 2.75) is 24.2 Å². The summed E-state index contributed by atoms with van der Waals surface area (Å²) in [7, 11) is -0.610. The number of carbonyl (C=O) groups is 1. The van der Waals surface area contributed by atoms with E-state index < -0.39 is 10.0 Å². The Hall–Kier alpha value is -2.58. The van der Waals surface area contributed by atoms with Gasteiger partial charge in [0.2, 0.25) is 15.9 Å². The van der Waals surface area contributed by atoms with Gasteiger partial charge < -0.3 is 14.8 Å². The third kappa shape index (κ3) is 4.96. The number of hydrogen-bond acceptors (Lipinski definition) is 5. The van der Waals surface area contributed by atoms with Crippen molar-refractivity contribution in [3.05, 3.63) is 48.0 Å². The Labute approximate surface area is 153 Å². The average molecular weight is 378 g/mol. The molecule has 2 aromatic carbocycles. The van der Waals surface area contributed by atoms with Crippen molar-refractivity contribution in [2.24, 2.45) is 5.14 Å². The van der Waals surface area contributed by atoms with Gasteiger partial charge in [-0.15, -0.1) is 0 Å². The number of amides is 1. The molecular formula is C18H22N2O5S. The Balaban J connectivity index is 2.05. The summed E-state index contributed by atoms with van der Waals surface area (Å²) in [6.07, 6.45) is 0.236. The van der Waals surface area contributed by atoms with Crippen molar-refractivity contribution in [3.63, 3.8) is 0 Å². The number of primary sulfonamides is 1. The largest absolute Gasteiger partial charge is 0.497 e. The summed E-state index contributed by atoms with van der Waals surface area (Å²) >= 11 is 0. The van der Waals surface area contributed by atoms with Crippen molar-refractivity contribution < 1.29 is 22.7 Å². The van der Waals surface area contributed by atoms with Crippen LogP contribution in [0.25, 0.3) is 0 Å². The van der Waals surface area contributed by atoms with E-state index in [1.807, 2.05) is 19.1 Å². The van der Waals surface area contributed by atoms with Gasteiger partial charge in [-0.25, -0.2) is 13.6 Å². The second-order valence-corrected chi connectivity index (χ2v) is 7.39. The highest BCUT2D eigenvalue weighted by Gasteiger charge is 2.16. The third-order valence-electron chi connectivity index (χ3n) is 3.93. The van der Waals surface area contributed by atoms with E-state index in [2.05, 4.69) is 5.32 Å². The Bertz CT molecular complexity index is 879. The highest BCUT2D eigenvalue weighted by molar-refractivity contribution is 7.89. The number of benzene rings is 2. The molecule has 0 radical (unpaired) electrons. The lowest BCUT2D eigenvalue weighted by Gasteiger charge is -2.16. The van der Waals surface area contributed by atoms with Gasteiger partial charge >= 0.3 is 0 Å². The number of carbonyl (C=O) groups excluding carboxylic acids is 1. The van der Waals surface area contributed by atoms with Gasteiger partial charge in [-0.3, -0.25) is 4.79 Å². The number of hydrogen-bond donors (Lipinski definition) is 2. The topological polar surface area (TPSA) is 108 Å². The lowest BCUT2D eigenvalue weighted by atomic mass is 9.96. The number of nitrogens with one attached hydrogen (secondary N) is 1. The van der Waals surface area contributed by atoms with Crippen molar-refractivity contribution in [3.8, 4) is 11.5 Å². The summed E-state index contributed by atoms with van der Waals surface area (Å²) < 4.78 is 33.0. The maximum atomic E-state index is 12.3. The SMILES string of the molecule is COc1ccc(C(C)CC(=O)Nc2ccc(S(N)(=O)=O)cc2)c(OC)c1. The lowest BCUT2D eigenvalue weighted by Crippen LogP contribution is -2.15. The molecule has 140 valence electrons. The van der Waals surface area contributed by atoms with Gasteiger partial charge in [0, 0.05) is 18.2 Å². The monoisotopic (exact) mass is 378 g/mol. The first-order chi connectivity index (χ1) is 12.2. The Morgan fingerprint density at radius 1 is 1.12 bits per heavy atom. The molecule has 1 amide bonds. The van der Waals surface area contributed by atoms with E-state index in [-0.39, 0.29) is 23.1 Å². The zero-order valence-corrected chi connectivity index (χ0v) is 15.7. The van der Waals surface area contributed by atoms with E-state index in [4.69, 9.17) is 14.6 Å². The highest BCUT2D eigenvalue weighted by atomic mass is 32.2. The maximum Gasteiger partial charge on any atom is 0.238 e. The van der Waals surface area contributed by atoms with Crippen LogP contribution in [-0.2, 0) is 14.8 Å². The second kappa shape index (κ2) is 8.20. The number of nitrogens with two attached hydrogens (primary N) is 1. The number of rotatable bonds is 7. The zero-order valence-electron chi connectivity index (χ0n) is 14.9. The summed E-state index contributed by atoms with van der Waals surface area (Å²) in [5.41, 5.74) is 1.39. The molecule has 2 rings (SSSR count). The molecular weight excluding hydrogens is 356 g/mol. The first-order valence-electron chi connectivity index (χ1n) is 7.89. The van der Waals surface area contributed by atoms with E-state index in [9.17, 15) is 13.2 Å². The minimum absolute atomic E-state index is 0.00756. The number of anilines is 1. The Morgan fingerprint density at radius 2 is 1.77 bits per heavy atom. The molecule has 0 aliphatic heterocycles. The molecule has 0 bridgehead atoms. The van der Waals surface area contributed by atoms with Crippen LogP contribution in [0, 0.1) is 0 Å². The zero-order chi connectivity index (χ0) is 19.3. The van der Waals surface area contributed by atoms with E-state index in [0.717, 1.165) is 5.56 Å². The summed E-state index contributed by atoms with van der Waals surface area (Å²) in [4.78, 5) is 12.3. The molecule has 1 atom stereocenters. The van der Waals surface area contributed by atoms with Gasteiger partial charge in [0.25, 0.3) is 0 Å². The van der Waals surface area contributed by atoms with Gasteiger partial charge in [0.1, 0.15) is 11.5 Å². The van der Waals surface area contributed by atoms with Crippen LogP contribution in [0.15, 0.2) is 47.4 Å². The fourth-order valence-corrected chi connectivity index (χ4v) is 3.07. The first kappa shape index (κ1) is 19.7. The van der Waals surface area contributed by atoms with E-state index in [1.165, 1.54) is 24.3 Å². The predicted molar refractivity (Wildman–Crippen MR) is 99.0 cm³/mol. The van der Waals surface area contributed by atoms with Crippen LogP contribution >= 0.6 is 0 Å². The minimum atomic E-state index is -3.75. The highest BCUT2D eigenvalue weighted by Crippen LogP contribution is 2.32. The number of sulfonamides is 1. The molecule has 26 heavy (non-hydrogen) atoms. The van der Waals surface area contributed by atoms with Crippen molar-refractivity contribution in [1.29, 1.82) is 0 Å². The molecule has 0 saturated carbocycles. The smallest absolute Gasteiger partial charge is 0.238 e. The van der Waals surface area contributed by atoms with Gasteiger partial charge in [0.15, 0.2) is 0 Å². The van der Waals surface area contributed by atoms with Crippen LogP contribution in [0.3, 0.4) is 0 Å². The van der Waals surface area contributed by atoms with E-state index >= 15 is 0 Å². The van der Waals surface area contributed by atoms with Gasteiger partial charge in [0.05, 0.1) is 19.1 Å². The van der Waals surface area contributed by atoms with Gasteiger partial charge in [-0.1, -0.05) is 13.0 Å². The van der Waals surface area contributed by atoms with Crippen LogP contribution in [0.2, 0.25) is 0 Å². The Morgan fingerprint density at radius 3 is 2.31 bits per heavy atom. The molecule has 8 heteroatoms. The lowest BCUT2D eigenvalue weighted by molar-refractivity contribution is -0.116. The fourth-order valence-electron chi connectivity index (χ4n) is 2.55. The molecule has 0 fully saturated rings. The van der Waals surface area contributed by atoms with Crippen LogP contribution < -0.4 is 19.9 Å². The van der Waals surface area contributed by atoms with Gasteiger partial charge in [-0.05, 0) is 41.8 Å². The maximum absolute atomic E-state index is 12.3. The molecule has 2 aromatic rings. The summed E-state index contributed by atoms with van der Waals surface area (Å²) in [6, 6.07) is 11.2. The number of ether oxygens (including phenoxy) is 2. The summed E-state index contributed by atoms with van der Waals surface area (Å²) in [5.74, 6) is 1.05. The van der Waals surface area contributed by atoms with Crippen molar-refractivity contribution >= 4 is 21.6 Å².